The monoisotopic (exact) mass is 351 g/mol. The van der Waals surface area contributed by atoms with E-state index in [1.807, 2.05) is 39.0 Å². The maximum atomic E-state index is 12.4. The molecular weight excluding hydrogens is 330 g/mol. The van der Waals surface area contributed by atoms with Gasteiger partial charge in [-0.3, -0.25) is 4.79 Å². The highest BCUT2D eigenvalue weighted by molar-refractivity contribution is 5.95. The first-order valence-electron chi connectivity index (χ1n) is 8.32. The number of carbonyl (C=O) groups excluding carboxylic acids is 1. The second kappa shape index (κ2) is 6.67. The van der Waals surface area contributed by atoms with Gasteiger partial charge in [-0.25, -0.2) is 4.79 Å². The average molecular weight is 351 g/mol. The van der Waals surface area contributed by atoms with Crippen molar-refractivity contribution in [2.24, 2.45) is 5.41 Å². The molecule has 3 aromatic rings. The third kappa shape index (κ3) is 3.47. The topological polar surface area (TPSA) is 68.5 Å². The van der Waals surface area contributed by atoms with E-state index in [0.717, 1.165) is 5.39 Å². The van der Waals surface area contributed by atoms with Crippen LogP contribution >= 0.6 is 0 Å². The third-order valence-electron chi connectivity index (χ3n) is 4.07. The molecule has 3 rings (SSSR count). The molecule has 2 aromatic carbocycles. The summed E-state index contributed by atoms with van der Waals surface area (Å²) in [6.07, 6.45) is 0. The first-order valence-corrected chi connectivity index (χ1v) is 8.32. The predicted octanol–water partition coefficient (Wildman–Crippen LogP) is 4.45. The van der Waals surface area contributed by atoms with E-state index in [1.165, 1.54) is 7.11 Å². The minimum atomic E-state index is -0.509. The molecule has 0 bridgehead atoms. The molecule has 1 N–H and O–H groups in total. The number of fused-ring (bicyclic) bond motifs is 1. The largest absolute Gasteiger partial charge is 0.496 e. The van der Waals surface area contributed by atoms with E-state index < -0.39 is 11.0 Å². The Kier molecular flexibility index (Phi) is 4.55. The van der Waals surface area contributed by atoms with Crippen LogP contribution in [0.15, 0.2) is 57.7 Å². The Labute approximate surface area is 151 Å². The van der Waals surface area contributed by atoms with Crippen LogP contribution in [0.25, 0.3) is 22.1 Å². The summed E-state index contributed by atoms with van der Waals surface area (Å²) < 4.78 is 10.8. The molecule has 0 atom stereocenters. The summed E-state index contributed by atoms with van der Waals surface area (Å²) >= 11 is 0. The van der Waals surface area contributed by atoms with Gasteiger partial charge in [-0.1, -0.05) is 39.0 Å². The Hall–Kier alpha value is -3.08. The number of rotatable bonds is 3. The van der Waals surface area contributed by atoms with Crippen LogP contribution in [0.1, 0.15) is 20.8 Å². The van der Waals surface area contributed by atoms with Gasteiger partial charge in [0, 0.05) is 28.1 Å². The molecule has 0 fully saturated rings. The summed E-state index contributed by atoms with van der Waals surface area (Å²) in [5.74, 6) is 0.386. The molecule has 0 aliphatic heterocycles. The fourth-order valence-corrected chi connectivity index (χ4v) is 2.56. The van der Waals surface area contributed by atoms with Crippen molar-refractivity contribution >= 4 is 22.6 Å². The standard InChI is InChI=1S/C21H21NO4/c1-21(2,3)20(24)22-14-9-10-15(18(12-14)25-4)16-11-13-7-5-6-8-17(13)26-19(16)23/h5-12H,1-4H3,(H,22,24). The van der Waals surface area contributed by atoms with Crippen LogP contribution in [0.5, 0.6) is 5.75 Å². The highest BCUT2D eigenvalue weighted by Crippen LogP contribution is 2.32. The Morgan fingerprint density at radius 3 is 2.46 bits per heavy atom. The van der Waals surface area contributed by atoms with Gasteiger partial charge in [-0.15, -0.1) is 0 Å². The van der Waals surface area contributed by atoms with Crippen molar-refractivity contribution < 1.29 is 13.9 Å². The number of ether oxygens (including phenoxy) is 1. The Balaban J connectivity index is 2.05. The summed E-state index contributed by atoms with van der Waals surface area (Å²) in [5, 5.41) is 3.69. The highest BCUT2D eigenvalue weighted by atomic mass is 16.5. The van der Waals surface area contributed by atoms with Crippen LogP contribution in [0.2, 0.25) is 0 Å². The maximum Gasteiger partial charge on any atom is 0.344 e. The van der Waals surface area contributed by atoms with E-state index in [9.17, 15) is 9.59 Å². The minimum Gasteiger partial charge on any atom is -0.496 e. The zero-order valence-electron chi connectivity index (χ0n) is 15.3. The van der Waals surface area contributed by atoms with Crippen molar-refractivity contribution in [1.29, 1.82) is 0 Å². The molecule has 0 radical (unpaired) electrons. The second-order valence-electron chi connectivity index (χ2n) is 7.10. The number of benzene rings is 2. The number of methoxy groups -OCH3 is 1. The molecule has 0 unspecified atom stereocenters. The first kappa shape index (κ1) is 17.7. The Bertz CT molecular complexity index is 1030. The van der Waals surface area contributed by atoms with Gasteiger partial charge in [0.15, 0.2) is 0 Å². The van der Waals surface area contributed by atoms with Gasteiger partial charge < -0.3 is 14.5 Å². The number of para-hydroxylation sites is 1. The lowest BCUT2D eigenvalue weighted by atomic mass is 9.95. The van der Waals surface area contributed by atoms with E-state index in [4.69, 9.17) is 9.15 Å². The lowest BCUT2D eigenvalue weighted by molar-refractivity contribution is -0.123. The van der Waals surface area contributed by atoms with Crippen molar-refractivity contribution in [2.45, 2.75) is 20.8 Å². The van der Waals surface area contributed by atoms with E-state index >= 15 is 0 Å². The van der Waals surface area contributed by atoms with Gasteiger partial charge in [0.05, 0.1) is 12.7 Å². The second-order valence-corrected chi connectivity index (χ2v) is 7.10. The van der Waals surface area contributed by atoms with E-state index in [2.05, 4.69) is 5.32 Å². The quantitative estimate of drug-likeness (QED) is 0.708. The zero-order valence-corrected chi connectivity index (χ0v) is 15.3. The molecule has 0 saturated carbocycles. The fourth-order valence-electron chi connectivity index (χ4n) is 2.56. The van der Waals surface area contributed by atoms with Crippen LogP contribution < -0.4 is 15.7 Å². The van der Waals surface area contributed by atoms with Gasteiger partial charge >= 0.3 is 5.63 Å². The molecular formula is C21H21NO4. The van der Waals surface area contributed by atoms with Crippen molar-refractivity contribution in [3.63, 3.8) is 0 Å². The Morgan fingerprint density at radius 1 is 1.04 bits per heavy atom. The fraction of sp³-hybridized carbons (Fsp3) is 0.238. The van der Waals surface area contributed by atoms with Crippen LogP contribution in [0.3, 0.4) is 0 Å². The number of hydrogen-bond donors (Lipinski definition) is 1. The van der Waals surface area contributed by atoms with Crippen LogP contribution in [-0.4, -0.2) is 13.0 Å². The SMILES string of the molecule is COc1cc(NC(=O)C(C)(C)C)ccc1-c1cc2ccccc2oc1=O. The Morgan fingerprint density at radius 2 is 1.77 bits per heavy atom. The van der Waals surface area contributed by atoms with E-state index in [-0.39, 0.29) is 5.91 Å². The highest BCUT2D eigenvalue weighted by Gasteiger charge is 2.22. The van der Waals surface area contributed by atoms with Crippen LogP contribution in [-0.2, 0) is 4.79 Å². The van der Waals surface area contributed by atoms with Crippen LogP contribution in [0, 0.1) is 5.41 Å². The number of nitrogens with one attached hydrogen (secondary N) is 1. The van der Waals surface area contributed by atoms with E-state index in [0.29, 0.717) is 28.1 Å². The van der Waals surface area contributed by atoms with Gasteiger partial charge in [0.1, 0.15) is 11.3 Å². The van der Waals surface area contributed by atoms with Crippen molar-refractivity contribution in [3.05, 3.63) is 59.0 Å². The molecule has 1 amide bonds. The van der Waals surface area contributed by atoms with Gasteiger partial charge in [0.2, 0.25) is 5.91 Å². The zero-order chi connectivity index (χ0) is 18.9. The molecule has 1 heterocycles. The molecule has 5 heteroatoms. The molecule has 0 aliphatic carbocycles. The number of anilines is 1. The predicted molar refractivity (Wildman–Crippen MR) is 103 cm³/mol. The molecule has 1 aromatic heterocycles. The summed E-state index contributed by atoms with van der Waals surface area (Å²) in [5.41, 5.74) is 1.22. The number of hydrogen-bond acceptors (Lipinski definition) is 4. The lowest BCUT2D eigenvalue weighted by Gasteiger charge is -2.18. The summed E-state index contributed by atoms with van der Waals surface area (Å²) in [4.78, 5) is 24.6. The first-order chi connectivity index (χ1) is 12.3. The summed E-state index contributed by atoms with van der Waals surface area (Å²) in [6.45, 7) is 5.52. The minimum absolute atomic E-state index is 0.0995. The molecule has 0 spiro atoms. The van der Waals surface area contributed by atoms with Gasteiger partial charge in [-0.05, 0) is 24.3 Å². The lowest BCUT2D eigenvalue weighted by Crippen LogP contribution is -2.27. The summed E-state index contributed by atoms with van der Waals surface area (Å²) in [6, 6.07) is 14.3. The van der Waals surface area contributed by atoms with Crippen LogP contribution in [0.4, 0.5) is 5.69 Å². The third-order valence-corrected chi connectivity index (χ3v) is 4.07. The normalized spacial score (nSPS) is 11.4. The summed E-state index contributed by atoms with van der Waals surface area (Å²) in [7, 11) is 1.52. The van der Waals surface area contributed by atoms with Crippen molar-refractivity contribution in [2.75, 3.05) is 12.4 Å². The smallest absolute Gasteiger partial charge is 0.344 e. The van der Waals surface area contributed by atoms with Gasteiger partial charge in [0.25, 0.3) is 0 Å². The molecule has 0 aliphatic rings. The molecule has 0 saturated heterocycles. The van der Waals surface area contributed by atoms with Crippen molar-refractivity contribution in [3.8, 4) is 16.9 Å². The maximum absolute atomic E-state index is 12.4. The molecule has 5 nitrogen and oxygen atoms in total. The number of carbonyl (C=O) groups is 1. The number of amides is 1. The average Bonchev–Trinajstić information content (AvgIpc) is 2.60. The van der Waals surface area contributed by atoms with Crippen molar-refractivity contribution in [1.82, 2.24) is 0 Å². The van der Waals surface area contributed by atoms with E-state index in [1.54, 1.807) is 30.3 Å². The molecule has 26 heavy (non-hydrogen) atoms. The molecule has 134 valence electrons. The van der Waals surface area contributed by atoms with Gasteiger partial charge in [-0.2, -0.15) is 0 Å².